The fourth-order valence-electron chi connectivity index (χ4n) is 1.37. The lowest BCUT2D eigenvalue weighted by molar-refractivity contribution is -0.126. The molecule has 0 saturated heterocycles. The van der Waals surface area contributed by atoms with E-state index in [1.54, 1.807) is 4.90 Å². The first kappa shape index (κ1) is 7.80. The smallest absolute Gasteiger partial charge is 0.298 e. The Balaban J connectivity index is 2.18. The Kier molecular flexibility index (Phi) is 1.74. The number of nitrogens with zero attached hydrogens (tertiary/aromatic N) is 3. The van der Waals surface area contributed by atoms with Crippen molar-refractivity contribution < 1.29 is 4.79 Å². The van der Waals surface area contributed by atoms with Gasteiger partial charge in [0.1, 0.15) is 5.69 Å². The van der Waals surface area contributed by atoms with Crippen molar-refractivity contribution in [2.45, 2.75) is 13.0 Å². The van der Waals surface area contributed by atoms with Gasteiger partial charge in [-0.25, -0.2) is 0 Å². The van der Waals surface area contributed by atoms with Crippen molar-refractivity contribution in [1.82, 2.24) is 20.3 Å². The zero-order valence-electron chi connectivity index (χ0n) is 6.95. The van der Waals surface area contributed by atoms with Crippen molar-refractivity contribution in [3.05, 3.63) is 11.4 Å². The molecule has 1 aliphatic heterocycles. The average molecular weight is 176 g/mol. The highest BCUT2D eigenvalue weighted by Gasteiger charge is 2.21. The van der Waals surface area contributed by atoms with Crippen molar-refractivity contribution in [3.63, 3.8) is 0 Å². The van der Waals surface area contributed by atoms with Crippen molar-refractivity contribution in [3.8, 4) is 12.3 Å². The SMILES string of the molecule is C#CC(=O)N1CCc2n[nH]nc2C1. The lowest BCUT2D eigenvalue weighted by atomic mass is 10.1. The van der Waals surface area contributed by atoms with Crippen LogP contribution >= 0.6 is 0 Å². The molecule has 0 fully saturated rings. The molecule has 66 valence electrons. The molecule has 0 aromatic carbocycles. The lowest BCUT2D eigenvalue weighted by Gasteiger charge is -2.22. The van der Waals surface area contributed by atoms with Crippen LogP contribution in [0.2, 0.25) is 0 Å². The number of H-pyrrole nitrogens is 1. The number of hydrogen-bond donors (Lipinski definition) is 1. The molecule has 0 saturated carbocycles. The van der Waals surface area contributed by atoms with Crippen LogP contribution in [0.15, 0.2) is 0 Å². The quantitative estimate of drug-likeness (QED) is 0.533. The van der Waals surface area contributed by atoms with Crippen LogP contribution in [0.4, 0.5) is 0 Å². The van der Waals surface area contributed by atoms with E-state index in [1.807, 2.05) is 0 Å². The van der Waals surface area contributed by atoms with Crippen LogP contribution in [0, 0.1) is 12.3 Å². The molecule has 0 atom stereocenters. The van der Waals surface area contributed by atoms with E-state index in [-0.39, 0.29) is 5.91 Å². The topological polar surface area (TPSA) is 61.9 Å². The van der Waals surface area contributed by atoms with Gasteiger partial charge < -0.3 is 4.90 Å². The van der Waals surface area contributed by atoms with E-state index in [2.05, 4.69) is 21.3 Å². The van der Waals surface area contributed by atoms with Gasteiger partial charge in [-0.05, 0) is 5.92 Å². The first-order chi connectivity index (χ1) is 6.31. The molecule has 1 aromatic rings. The lowest BCUT2D eigenvalue weighted by Crippen LogP contribution is -2.35. The normalized spacial score (nSPS) is 14.8. The van der Waals surface area contributed by atoms with Gasteiger partial charge in [-0.15, -0.1) is 6.42 Å². The van der Waals surface area contributed by atoms with Crippen LogP contribution < -0.4 is 0 Å². The fourth-order valence-corrected chi connectivity index (χ4v) is 1.37. The number of terminal acetylenes is 1. The maximum absolute atomic E-state index is 11.1. The van der Waals surface area contributed by atoms with Crippen molar-refractivity contribution in [2.24, 2.45) is 0 Å². The highest BCUT2D eigenvalue weighted by atomic mass is 16.2. The number of aromatic nitrogens is 3. The number of rotatable bonds is 0. The predicted octanol–water partition coefficient (Wildman–Crippen LogP) is -0.677. The molecule has 5 nitrogen and oxygen atoms in total. The maximum atomic E-state index is 11.1. The minimum Gasteiger partial charge on any atom is -0.325 e. The van der Waals surface area contributed by atoms with E-state index < -0.39 is 0 Å². The first-order valence-electron chi connectivity index (χ1n) is 3.95. The van der Waals surface area contributed by atoms with Crippen LogP contribution in [0.5, 0.6) is 0 Å². The van der Waals surface area contributed by atoms with Crippen LogP contribution in [-0.4, -0.2) is 32.8 Å². The number of amides is 1. The Morgan fingerprint density at radius 1 is 1.54 bits per heavy atom. The van der Waals surface area contributed by atoms with Crippen LogP contribution in [0.3, 0.4) is 0 Å². The summed E-state index contributed by atoms with van der Waals surface area (Å²) in [7, 11) is 0. The van der Waals surface area contributed by atoms with E-state index in [9.17, 15) is 4.79 Å². The molecule has 1 N–H and O–H groups in total. The van der Waals surface area contributed by atoms with Gasteiger partial charge in [-0.3, -0.25) is 4.79 Å². The molecule has 1 aromatic heterocycles. The molecule has 1 aliphatic rings. The molecular weight excluding hydrogens is 168 g/mol. The Morgan fingerprint density at radius 2 is 2.31 bits per heavy atom. The molecule has 2 rings (SSSR count). The maximum Gasteiger partial charge on any atom is 0.298 e. The van der Waals surface area contributed by atoms with Crippen LogP contribution in [-0.2, 0) is 17.8 Å². The zero-order chi connectivity index (χ0) is 9.26. The molecule has 0 spiro atoms. The third-order valence-electron chi connectivity index (χ3n) is 2.07. The van der Waals surface area contributed by atoms with E-state index in [1.165, 1.54) is 0 Å². The minimum atomic E-state index is -0.284. The second-order valence-corrected chi connectivity index (χ2v) is 2.84. The molecular formula is C8H8N4O. The van der Waals surface area contributed by atoms with Crippen molar-refractivity contribution in [2.75, 3.05) is 6.54 Å². The Hall–Kier alpha value is -1.83. The second kappa shape index (κ2) is 2.90. The average Bonchev–Trinajstić information content (AvgIpc) is 2.63. The van der Waals surface area contributed by atoms with Gasteiger partial charge in [0.2, 0.25) is 0 Å². The summed E-state index contributed by atoms with van der Waals surface area (Å²) in [5.41, 5.74) is 1.75. The number of hydrogen-bond acceptors (Lipinski definition) is 3. The van der Waals surface area contributed by atoms with Crippen molar-refractivity contribution >= 4 is 5.91 Å². The fraction of sp³-hybridized carbons (Fsp3) is 0.375. The highest BCUT2D eigenvalue weighted by molar-refractivity contribution is 5.92. The monoisotopic (exact) mass is 176 g/mol. The summed E-state index contributed by atoms with van der Waals surface area (Å²) in [5, 5.41) is 10.4. The minimum absolute atomic E-state index is 0.284. The molecule has 2 heterocycles. The largest absolute Gasteiger partial charge is 0.325 e. The summed E-state index contributed by atoms with van der Waals surface area (Å²) in [6, 6.07) is 0. The van der Waals surface area contributed by atoms with E-state index in [0.717, 1.165) is 17.8 Å². The summed E-state index contributed by atoms with van der Waals surface area (Å²) in [4.78, 5) is 12.7. The Bertz CT molecular complexity index is 376. The number of fused-ring (bicyclic) bond motifs is 1. The van der Waals surface area contributed by atoms with E-state index >= 15 is 0 Å². The highest BCUT2D eigenvalue weighted by Crippen LogP contribution is 2.13. The van der Waals surface area contributed by atoms with Gasteiger partial charge in [-0.2, -0.15) is 15.4 Å². The number of nitrogens with one attached hydrogen (secondary N) is 1. The van der Waals surface area contributed by atoms with Crippen molar-refractivity contribution in [1.29, 1.82) is 0 Å². The number of carbonyl (C=O) groups is 1. The van der Waals surface area contributed by atoms with Gasteiger partial charge in [0.15, 0.2) is 0 Å². The van der Waals surface area contributed by atoms with Crippen LogP contribution in [0.25, 0.3) is 0 Å². The molecule has 0 bridgehead atoms. The summed E-state index contributed by atoms with van der Waals surface area (Å²) in [5.74, 6) is 1.80. The van der Waals surface area contributed by atoms with Gasteiger partial charge in [0, 0.05) is 13.0 Å². The molecule has 0 radical (unpaired) electrons. The standard InChI is InChI=1S/C8H8N4O/c1-2-8(13)12-4-3-6-7(5-12)10-11-9-6/h1H,3-5H2,(H,9,10,11). The molecule has 1 amide bonds. The molecule has 5 heteroatoms. The summed E-state index contributed by atoms with van der Waals surface area (Å²) in [6.07, 6.45) is 5.73. The van der Waals surface area contributed by atoms with Crippen LogP contribution in [0.1, 0.15) is 11.4 Å². The summed E-state index contributed by atoms with van der Waals surface area (Å²) >= 11 is 0. The summed E-state index contributed by atoms with van der Waals surface area (Å²) < 4.78 is 0. The van der Waals surface area contributed by atoms with Gasteiger partial charge in [0.05, 0.1) is 12.2 Å². The molecule has 13 heavy (non-hydrogen) atoms. The Labute approximate surface area is 75.1 Å². The predicted molar refractivity (Wildman–Crippen MR) is 44.3 cm³/mol. The molecule has 0 aliphatic carbocycles. The van der Waals surface area contributed by atoms with Gasteiger partial charge >= 0.3 is 0 Å². The summed E-state index contributed by atoms with van der Waals surface area (Å²) in [6.45, 7) is 1.09. The molecule has 0 unspecified atom stereocenters. The zero-order valence-corrected chi connectivity index (χ0v) is 6.95. The van der Waals surface area contributed by atoms with E-state index in [4.69, 9.17) is 6.42 Å². The van der Waals surface area contributed by atoms with Gasteiger partial charge in [-0.1, -0.05) is 0 Å². The first-order valence-corrected chi connectivity index (χ1v) is 3.95. The Morgan fingerprint density at radius 3 is 3.08 bits per heavy atom. The third kappa shape index (κ3) is 1.26. The number of aromatic amines is 1. The second-order valence-electron chi connectivity index (χ2n) is 2.84. The number of carbonyl (C=O) groups excluding carboxylic acids is 1. The van der Waals surface area contributed by atoms with E-state index in [0.29, 0.717) is 13.1 Å². The third-order valence-corrected chi connectivity index (χ3v) is 2.07. The van der Waals surface area contributed by atoms with Gasteiger partial charge in [0.25, 0.3) is 5.91 Å².